The largest absolute Gasteiger partial charge is 0.494 e. The lowest BCUT2D eigenvalue weighted by Gasteiger charge is -2.39. The third-order valence-electron chi connectivity index (χ3n) is 5.56. The number of nitrogens with zero attached hydrogens (tertiary/aromatic N) is 2. The summed E-state index contributed by atoms with van der Waals surface area (Å²) < 4.78 is 5.39. The number of hydrogen-bond donors (Lipinski definition) is 2. The van der Waals surface area contributed by atoms with Gasteiger partial charge in [0.1, 0.15) is 17.1 Å². The van der Waals surface area contributed by atoms with Gasteiger partial charge in [0.15, 0.2) is 0 Å². The Morgan fingerprint density at radius 3 is 2.72 bits per heavy atom. The van der Waals surface area contributed by atoms with Crippen LogP contribution in [-0.2, 0) is 16.0 Å². The Hall–Kier alpha value is -2.57. The standard InChI is InChI=1S/C22H31N3O4/c1-22(2,3)12-19(26)25-9-8-14(11-20(27)28)15(13-25)10-18-23-16-6-5-7-17(29-4)21(16)24-18/h5-7,14-15H,8-13H2,1-4H3,(H,23,24)(H,27,28). The molecule has 7 nitrogen and oxygen atoms in total. The topological polar surface area (TPSA) is 95.5 Å². The first-order chi connectivity index (χ1) is 13.7. The number of methoxy groups -OCH3 is 1. The second kappa shape index (κ2) is 8.43. The van der Waals surface area contributed by atoms with Crippen molar-refractivity contribution in [2.45, 2.75) is 46.5 Å². The van der Waals surface area contributed by atoms with E-state index in [1.165, 1.54) is 0 Å². The van der Waals surface area contributed by atoms with E-state index in [4.69, 9.17) is 4.74 Å². The van der Waals surface area contributed by atoms with Crippen molar-refractivity contribution in [2.24, 2.45) is 17.3 Å². The maximum absolute atomic E-state index is 12.7. The predicted molar refractivity (Wildman–Crippen MR) is 111 cm³/mol. The van der Waals surface area contributed by atoms with Crippen LogP contribution in [0.15, 0.2) is 18.2 Å². The molecule has 2 atom stereocenters. The minimum absolute atomic E-state index is 0.0290. The molecule has 2 heterocycles. The summed E-state index contributed by atoms with van der Waals surface area (Å²) in [6, 6.07) is 5.72. The number of ether oxygens (including phenoxy) is 1. The number of amides is 1. The summed E-state index contributed by atoms with van der Waals surface area (Å²) in [4.78, 5) is 34.0. The number of aliphatic carboxylic acids is 1. The average molecular weight is 402 g/mol. The van der Waals surface area contributed by atoms with Crippen LogP contribution in [0.2, 0.25) is 0 Å². The molecule has 2 unspecified atom stereocenters. The number of hydrogen-bond acceptors (Lipinski definition) is 4. The first-order valence-electron chi connectivity index (χ1n) is 10.2. The van der Waals surface area contributed by atoms with Crippen LogP contribution in [0.1, 0.15) is 45.9 Å². The van der Waals surface area contributed by atoms with Crippen LogP contribution in [0.25, 0.3) is 11.0 Å². The van der Waals surface area contributed by atoms with Crippen molar-refractivity contribution in [3.05, 3.63) is 24.0 Å². The average Bonchev–Trinajstić information content (AvgIpc) is 3.03. The van der Waals surface area contributed by atoms with Gasteiger partial charge in [0.25, 0.3) is 0 Å². The summed E-state index contributed by atoms with van der Waals surface area (Å²) in [6.45, 7) is 7.36. The van der Waals surface area contributed by atoms with Crippen LogP contribution in [0.5, 0.6) is 5.75 Å². The van der Waals surface area contributed by atoms with Gasteiger partial charge in [-0.05, 0) is 35.8 Å². The zero-order valence-corrected chi connectivity index (χ0v) is 17.7. The Morgan fingerprint density at radius 2 is 2.07 bits per heavy atom. The van der Waals surface area contributed by atoms with Gasteiger partial charge in [-0.3, -0.25) is 9.59 Å². The van der Waals surface area contributed by atoms with Gasteiger partial charge in [-0.1, -0.05) is 26.8 Å². The molecular weight excluding hydrogens is 370 g/mol. The molecule has 1 aliphatic rings. The third-order valence-corrected chi connectivity index (χ3v) is 5.56. The fraction of sp³-hybridized carbons (Fsp3) is 0.591. The van der Waals surface area contributed by atoms with E-state index in [-0.39, 0.29) is 29.6 Å². The number of likely N-dealkylation sites (tertiary alicyclic amines) is 1. The van der Waals surface area contributed by atoms with Crippen LogP contribution < -0.4 is 4.74 Å². The highest BCUT2D eigenvalue weighted by molar-refractivity contribution is 5.81. The number of nitrogens with one attached hydrogen (secondary N) is 1. The van der Waals surface area contributed by atoms with E-state index in [1.807, 2.05) is 23.1 Å². The quantitative estimate of drug-likeness (QED) is 0.772. The lowest BCUT2D eigenvalue weighted by Crippen LogP contribution is -2.46. The smallest absolute Gasteiger partial charge is 0.303 e. The molecule has 0 bridgehead atoms. The Kier molecular flexibility index (Phi) is 6.15. The van der Waals surface area contributed by atoms with Crippen molar-refractivity contribution >= 4 is 22.9 Å². The molecule has 1 aromatic carbocycles. The number of H-pyrrole nitrogens is 1. The summed E-state index contributed by atoms with van der Waals surface area (Å²) >= 11 is 0. The minimum Gasteiger partial charge on any atom is -0.494 e. The van der Waals surface area contributed by atoms with Gasteiger partial charge in [-0.2, -0.15) is 0 Å². The number of carbonyl (C=O) groups excluding carboxylic acids is 1. The van der Waals surface area contributed by atoms with Crippen LogP contribution in [0.3, 0.4) is 0 Å². The second-order valence-corrected chi connectivity index (χ2v) is 9.23. The van der Waals surface area contributed by atoms with E-state index >= 15 is 0 Å². The fourth-order valence-electron chi connectivity index (χ4n) is 4.16. The van der Waals surface area contributed by atoms with E-state index in [9.17, 15) is 14.7 Å². The molecule has 0 saturated carbocycles. The Bertz CT molecular complexity index is 884. The first-order valence-corrected chi connectivity index (χ1v) is 10.2. The summed E-state index contributed by atoms with van der Waals surface area (Å²) in [5.74, 6) is 0.938. The van der Waals surface area contributed by atoms with Crippen molar-refractivity contribution in [1.29, 1.82) is 0 Å². The maximum Gasteiger partial charge on any atom is 0.303 e. The van der Waals surface area contributed by atoms with Gasteiger partial charge in [0.05, 0.1) is 12.6 Å². The Labute approximate surface area is 171 Å². The van der Waals surface area contributed by atoms with Crippen LogP contribution >= 0.6 is 0 Å². The monoisotopic (exact) mass is 401 g/mol. The molecule has 7 heteroatoms. The van der Waals surface area contributed by atoms with Gasteiger partial charge in [-0.15, -0.1) is 0 Å². The number of aromatic amines is 1. The fourth-order valence-corrected chi connectivity index (χ4v) is 4.16. The number of piperidine rings is 1. The number of carboxylic acid groups (broad SMARTS) is 1. The number of carbonyl (C=O) groups is 2. The number of benzene rings is 1. The van der Waals surface area contributed by atoms with Crippen molar-refractivity contribution in [3.63, 3.8) is 0 Å². The van der Waals surface area contributed by atoms with Crippen molar-refractivity contribution < 1.29 is 19.4 Å². The molecule has 0 radical (unpaired) electrons. The number of imidazole rings is 1. The van der Waals surface area contributed by atoms with Crippen LogP contribution in [0.4, 0.5) is 0 Å². The second-order valence-electron chi connectivity index (χ2n) is 9.23. The maximum atomic E-state index is 12.7. The van der Waals surface area contributed by atoms with Gasteiger partial charge in [0.2, 0.25) is 5.91 Å². The summed E-state index contributed by atoms with van der Waals surface area (Å²) in [5.41, 5.74) is 1.60. The molecule has 158 valence electrons. The van der Waals surface area contributed by atoms with E-state index in [1.54, 1.807) is 7.11 Å². The number of aromatic nitrogens is 2. The Balaban J connectivity index is 1.80. The van der Waals surface area contributed by atoms with Gasteiger partial charge < -0.3 is 19.7 Å². The molecule has 1 amide bonds. The molecule has 29 heavy (non-hydrogen) atoms. The first kappa shape index (κ1) is 21.1. The van der Waals surface area contributed by atoms with Crippen molar-refractivity contribution in [2.75, 3.05) is 20.2 Å². The lowest BCUT2D eigenvalue weighted by atomic mass is 9.80. The lowest BCUT2D eigenvalue weighted by molar-refractivity contribution is -0.140. The number of para-hydroxylation sites is 1. The third kappa shape index (κ3) is 5.28. The van der Waals surface area contributed by atoms with Gasteiger partial charge in [0, 0.05) is 32.4 Å². The summed E-state index contributed by atoms with van der Waals surface area (Å²) in [7, 11) is 1.62. The van der Waals surface area contributed by atoms with E-state index in [0.29, 0.717) is 38.1 Å². The highest BCUT2D eigenvalue weighted by Crippen LogP contribution is 2.32. The SMILES string of the molecule is COc1cccc2[nH]c(CC3CN(C(=O)CC(C)(C)C)CCC3CC(=O)O)nc12. The van der Waals surface area contributed by atoms with E-state index in [2.05, 4.69) is 30.7 Å². The number of rotatable bonds is 6. The van der Waals surface area contributed by atoms with Crippen LogP contribution in [0, 0.1) is 17.3 Å². The molecule has 3 rings (SSSR count). The van der Waals surface area contributed by atoms with E-state index in [0.717, 1.165) is 16.9 Å². The Morgan fingerprint density at radius 1 is 1.31 bits per heavy atom. The molecule has 1 saturated heterocycles. The molecule has 1 fully saturated rings. The van der Waals surface area contributed by atoms with Crippen LogP contribution in [-0.4, -0.2) is 52.1 Å². The molecule has 2 N–H and O–H groups in total. The minimum atomic E-state index is -0.791. The van der Waals surface area contributed by atoms with Gasteiger partial charge >= 0.3 is 5.97 Å². The zero-order chi connectivity index (χ0) is 21.2. The molecule has 0 aliphatic carbocycles. The highest BCUT2D eigenvalue weighted by Gasteiger charge is 2.34. The normalized spacial score (nSPS) is 20.1. The van der Waals surface area contributed by atoms with Crippen molar-refractivity contribution in [3.8, 4) is 5.75 Å². The number of fused-ring (bicyclic) bond motifs is 1. The summed E-state index contributed by atoms with van der Waals surface area (Å²) in [5, 5.41) is 9.34. The van der Waals surface area contributed by atoms with E-state index < -0.39 is 5.97 Å². The predicted octanol–water partition coefficient (Wildman–Crippen LogP) is 3.49. The molecular formula is C22H31N3O4. The molecule has 1 aliphatic heterocycles. The zero-order valence-electron chi connectivity index (χ0n) is 17.7. The highest BCUT2D eigenvalue weighted by atomic mass is 16.5. The van der Waals surface area contributed by atoms with Crippen molar-refractivity contribution in [1.82, 2.24) is 14.9 Å². The molecule has 0 spiro atoms. The molecule has 2 aromatic rings. The van der Waals surface area contributed by atoms with Gasteiger partial charge in [-0.25, -0.2) is 4.98 Å². The number of carboxylic acids is 1. The molecule has 1 aromatic heterocycles. The summed E-state index contributed by atoms with van der Waals surface area (Å²) in [6.07, 6.45) is 1.92.